The predicted octanol–water partition coefficient (Wildman–Crippen LogP) is 4.84. The van der Waals surface area contributed by atoms with Gasteiger partial charge in [0.1, 0.15) is 0 Å². The molecule has 7 heteroatoms. The van der Waals surface area contributed by atoms with Gasteiger partial charge in [-0.3, -0.25) is 11.3 Å². The van der Waals surface area contributed by atoms with E-state index in [2.05, 4.69) is 70.7 Å². The molecule has 2 heterocycles. The molecular formula is C10H9Br3N2S2. The highest BCUT2D eigenvalue weighted by molar-refractivity contribution is 9.13. The summed E-state index contributed by atoms with van der Waals surface area (Å²) in [5.74, 6) is 5.64. The van der Waals surface area contributed by atoms with Crippen LogP contribution in [-0.4, -0.2) is 0 Å². The Morgan fingerprint density at radius 1 is 1.29 bits per heavy atom. The minimum absolute atomic E-state index is 0.146. The van der Waals surface area contributed by atoms with Gasteiger partial charge in [0.15, 0.2) is 0 Å². The predicted molar refractivity (Wildman–Crippen MR) is 85.5 cm³/mol. The van der Waals surface area contributed by atoms with Gasteiger partial charge >= 0.3 is 0 Å². The molecule has 2 nitrogen and oxygen atoms in total. The molecule has 1 unspecified atom stereocenters. The maximum Gasteiger partial charge on any atom is 0.0843 e. The summed E-state index contributed by atoms with van der Waals surface area (Å²) < 4.78 is 3.30. The smallest absolute Gasteiger partial charge is 0.0843 e. The molecular weight excluding hydrogens is 452 g/mol. The van der Waals surface area contributed by atoms with Crippen molar-refractivity contribution in [2.45, 2.75) is 12.5 Å². The molecule has 0 aliphatic carbocycles. The molecule has 0 saturated heterocycles. The molecule has 0 aromatic carbocycles. The van der Waals surface area contributed by atoms with E-state index in [1.54, 1.807) is 22.7 Å². The van der Waals surface area contributed by atoms with Crippen LogP contribution in [0, 0.1) is 0 Å². The maximum absolute atomic E-state index is 5.64. The fourth-order valence-electron chi connectivity index (χ4n) is 1.44. The van der Waals surface area contributed by atoms with E-state index in [0.717, 1.165) is 19.2 Å². The molecule has 1 atom stereocenters. The Balaban J connectivity index is 2.16. The maximum atomic E-state index is 5.64. The Kier molecular flexibility index (Phi) is 5.23. The number of nitrogens with two attached hydrogens (primary N) is 1. The topological polar surface area (TPSA) is 38.0 Å². The van der Waals surface area contributed by atoms with Crippen LogP contribution < -0.4 is 11.3 Å². The third-order valence-electron chi connectivity index (χ3n) is 2.24. The Morgan fingerprint density at radius 2 is 2.06 bits per heavy atom. The van der Waals surface area contributed by atoms with Crippen molar-refractivity contribution < 1.29 is 0 Å². The Bertz CT molecular complexity index is 490. The van der Waals surface area contributed by atoms with Gasteiger partial charge in [-0.15, -0.1) is 22.7 Å². The molecule has 0 aliphatic heterocycles. The molecule has 17 heavy (non-hydrogen) atoms. The van der Waals surface area contributed by atoms with Crippen LogP contribution in [-0.2, 0) is 6.42 Å². The molecule has 92 valence electrons. The van der Waals surface area contributed by atoms with Gasteiger partial charge in [-0.05, 0) is 59.9 Å². The molecule has 2 aromatic rings. The lowest BCUT2D eigenvalue weighted by Crippen LogP contribution is -2.28. The van der Waals surface area contributed by atoms with E-state index in [0.29, 0.717) is 0 Å². The number of hydrogen-bond donors (Lipinski definition) is 2. The van der Waals surface area contributed by atoms with Gasteiger partial charge in [0.2, 0.25) is 0 Å². The number of rotatable bonds is 4. The lowest BCUT2D eigenvalue weighted by atomic mass is 10.1. The molecule has 0 radical (unpaired) electrons. The summed E-state index contributed by atoms with van der Waals surface area (Å²) in [5, 5.41) is 2.09. The molecule has 3 N–H and O–H groups in total. The van der Waals surface area contributed by atoms with Crippen LogP contribution in [0.4, 0.5) is 0 Å². The SMILES string of the molecule is NNC(Cc1cc(Br)cs1)c1cc(Br)c(Br)s1. The van der Waals surface area contributed by atoms with E-state index < -0.39 is 0 Å². The lowest BCUT2D eigenvalue weighted by Gasteiger charge is -2.12. The summed E-state index contributed by atoms with van der Waals surface area (Å²) >= 11 is 13.9. The fourth-order valence-corrected chi connectivity index (χ4v) is 5.09. The largest absolute Gasteiger partial charge is 0.271 e. The van der Waals surface area contributed by atoms with Gasteiger partial charge in [0.05, 0.1) is 9.83 Å². The van der Waals surface area contributed by atoms with Crippen molar-refractivity contribution >= 4 is 70.5 Å². The minimum atomic E-state index is 0.146. The lowest BCUT2D eigenvalue weighted by molar-refractivity contribution is 0.564. The van der Waals surface area contributed by atoms with Gasteiger partial charge in [-0.1, -0.05) is 0 Å². The molecule has 0 spiro atoms. The highest BCUT2D eigenvalue weighted by atomic mass is 79.9. The summed E-state index contributed by atoms with van der Waals surface area (Å²) in [6, 6.07) is 4.38. The highest BCUT2D eigenvalue weighted by Crippen LogP contribution is 2.36. The number of hydrogen-bond acceptors (Lipinski definition) is 4. The van der Waals surface area contributed by atoms with Crippen LogP contribution in [0.25, 0.3) is 0 Å². The first-order valence-electron chi connectivity index (χ1n) is 4.74. The summed E-state index contributed by atoms with van der Waals surface area (Å²) in [7, 11) is 0. The Labute approximate surface area is 133 Å². The van der Waals surface area contributed by atoms with Gasteiger partial charge in [-0.2, -0.15) is 0 Å². The molecule has 2 aromatic heterocycles. The first-order chi connectivity index (χ1) is 8.10. The first kappa shape index (κ1) is 14.2. The van der Waals surface area contributed by atoms with Crippen LogP contribution >= 0.6 is 70.5 Å². The van der Waals surface area contributed by atoms with Crippen molar-refractivity contribution in [1.82, 2.24) is 5.43 Å². The molecule has 0 saturated carbocycles. The molecule has 2 rings (SSSR count). The van der Waals surface area contributed by atoms with E-state index in [1.807, 2.05) is 0 Å². The van der Waals surface area contributed by atoms with Crippen molar-refractivity contribution in [2.75, 3.05) is 0 Å². The van der Waals surface area contributed by atoms with Crippen molar-refractivity contribution in [1.29, 1.82) is 0 Å². The van der Waals surface area contributed by atoms with Crippen LogP contribution in [0.2, 0.25) is 0 Å². The Morgan fingerprint density at radius 3 is 2.53 bits per heavy atom. The third-order valence-corrected chi connectivity index (χ3v) is 7.33. The second-order valence-electron chi connectivity index (χ2n) is 3.43. The molecule has 0 bridgehead atoms. The second-order valence-corrected chi connectivity index (χ2v) is 8.59. The van der Waals surface area contributed by atoms with Crippen molar-refractivity contribution in [2.24, 2.45) is 5.84 Å². The van der Waals surface area contributed by atoms with Crippen LogP contribution in [0.15, 0.2) is 30.2 Å². The number of halogens is 3. The Hall–Kier alpha value is 0.760. The summed E-state index contributed by atoms with van der Waals surface area (Å²) in [4.78, 5) is 2.52. The first-order valence-corrected chi connectivity index (χ1v) is 8.81. The van der Waals surface area contributed by atoms with Gasteiger partial charge < -0.3 is 0 Å². The van der Waals surface area contributed by atoms with Crippen molar-refractivity contribution in [3.05, 3.63) is 40.0 Å². The van der Waals surface area contributed by atoms with Crippen LogP contribution in [0.5, 0.6) is 0 Å². The molecule has 0 amide bonds. The van der Waals surface area contributed by atoms with Gasteiger partial charge in [0, 0.05) is 30.5 Å². The summed E-state index contributed by atoms with van der Waals surface area (Å²) in [5.41, 5.74) is 2.88. The quantitative estimate of drug-likeness (QED) is 0.506. The fraction of sp³-hybridized carbons (Fsp3) is 0.200. The second kappa shape index (κ2) is 6.27. The standard InChI is InChI=1S/C10H9Br3N2S2/c11-5-1-6(16-4-5)2-8(15-14)9-3-7(12)10(13)17-9/h1,3-4,8,15H,2,14H2. The molecule has 0 fully saturated rings. The molecule has 0 aliphatic rings. The monoisotopic (exact) mass is 458 g/mol. The van der Waals surface area contributed by atoms with Crippen LogP contribution in [0.1, 0.15) is 15.8 Å². The number of nitrogens with one attached hydrogen (secondary N) is 1. The van der Waals surface area contributed by atoms with E-state index in [9.17, 15) is 0 Å². The average molecular weight is 461 g/mol. The van der Waals surface area contributed by atoms with E-state index in [4.69, 9.17) is 5.84 Å². The van der Waals surface area contributed by atoms with Crippen LogP contribution in [0.3, 0.4) is 0 Å². The van der Waals surface area contributed by atoms with E-state index >= 15 is 0 Å². The minimum Gasteiger partial charge on any atom is -0.271 e. The zero-order valence-electron chi connectivity index (χ0n) is 8.54. The van der Waals surface area contributed by atoms with Gasteiger partial charge in [-0.25, -0.2) is 0 Å². The summed E-state index contributed by atoms with van der Waals surface area (Å²) in [6.07, 6.45) is 0.895. The zero-order chi connectivity index (χ0) is 12.4. The third kappa shape index (κ3) is 3.62. The highest BCUT2D eigenvalue weighted by Gasteiger charge is 2.16. The van der Waals surface area contributed by atoms with Gasteiger partial charge in [0.25, 0.3) is 0 Å². The average Bonchev–Trinajstić information content (AvgIpc) is 2.83. The van der Waals surface area contributed by atoms with Crippen molar-refractivity contribution in [3.63, 3.8) is 0 Å². The van der Waals surface area contributed by atoms with E-state index in [1.165, 1.54) is 9.75 Å². The normalized spacial score (nSPS) is 12.9. The number of thiophene rings is 2. The van der Waals surface area contributed by atoms with E-state index in [-0.39, 0.29) is 6.04 Å². The van der Waals surface area contributed by atoms with Crippen molar-refractivity contribution in [3.8, 4) is 0 Å². The summed E-state index contributed by atoms with van der Waals surface area (Å²) in [6.45, 7) is 0. The zero-order valence-corrected chi connectivity index (χ0v) is 14.9. The number of hydrazine groups is 1.